The molecule has 2 unspecified atom stereocenters. The Labute approximate surface area is 231 Å². The molecule has 0 saturated carbocycles. The van der Waals surface area contributed by atoms with Gasteiger partial charge in [0.15, 0.2) is 5.82 Å². The Morgan fingerprint density at radius 3 is 2.60 bits per heavy atom. The van der Waals surface area contributed by atoms with Crippen LogP contribution < -0.4 is 15.4 Å². The number of carbonyl (C=O) groups is 1. The van der Waals surface area contributed by atoms with Gasteiger partial charge in [0.2, 0.25) is 0 Å². The lowest BCUT2D eigenvalue weighted by molar-refractivity contribution is -0.141. The Kier molecular flexibility index (Phi) is 7.70. The third-order valence-electron chi connectivity index (χ3n) is 6.45. The van der Waals surface area contributed by atoms with Crippen molar-refractivity contribution in [2.75, 3.05) is 25.0 Å². The third-order valence-corrected chi connectivity index (χ3v) is 7.43. The predicted molar refractivity (Wildman–Crippen MR) is 142 cm³/mol. The molecule has 1 aliphatic rings. The number of rotatable bonds is 6. The van der Waals surface area contributed by atoms with E-state index in [2.05, 4.69) is 25.0 Å². The summed E-state index contributed by atoms with van der Waals surface area (Å²) in [6, 6.07) is 17.7. The van der Waals surface area contributed by atoms with Crippen molar-refractivity contribution in [2.45, 2.75) is 24.7 Å². The molecule has 1 fully saturated rings. The monoisotopic (exact) mass is 570 g/mol. The second-order valence-electron chi connectivity index (χ2n) is 9.30. The Morgan fingerprint density at radius 2 is 1.88 bits per heavy atom. The highest BCUT2D eigenvalue weighted by Gasteiger charge is 2.42. The van der Waals surface area contributed by atoms with Gasteiger partial charge >= 0.3 is 12.2 Å². The van der Waals surface area contributed by atoms with Gasteiger partial charge in [-0.2, -0.15) is 17.5 Å². The smallest absolute Gasteiger partial charge is 0.433 e. The van der Waals surface area contributed by atoms with Crippen LogP contribution >= 0.6 is 11.5 Å². The summed E-state index contributed by atoms with van der Waals surface area (Å²) in [6.45, 7) is 2.89. The highest BCUT2D eigenvalue weighted by Crippen LogP contribution is 2.34. The fraction of sp³-hybridized carbons (Fsp3) is 0.259. The summed E-state index contributed by atoms with van der Waals surface area (Å²) in [4.78, 5) is 22.6. The molecule has 208 valence electrons. The number of aliphatic hydroxyl groups is 1. The lowest BCUT2D eigenvalue weighted by Crippen LogP contribution is -2.60. The van der Waals surface area contributed by atoms with Crippen LogP contribution in [0.5, 0.6) is 11.5 Å². The van der Waals surface area contributed by atoms with Crippen molar-refractivity contribution in [1.82, 2.24) is 24.6 Å². The van der Waals surface area contributed by atoms with Crippen LogP contribution in [0.25, 0.3) is 0 Å². The van der Waals surface area contributed by atoms with Crippen LogP contribution in [-0.2, 0) is 11.7 Å². The van der Waals surface area contributed by atoms with E-state index < -0.39 is 29.5 Å². The fourth-order valence-electron chi connectivity index (χ4n) is 4.29. The first kappa shape index (κ1) is 27.5. The topological polar surface area (TPSA) is 113 Å². The number of aliphatic hydroxyl groups excluding tert-OH is 1. The molecule has 1 aliphatic heterocycles. The molecule has 3 N–H and O–H groups in total. The van der Waals surface area contributed by atoms with Gasteiger partial charge in [-0.05, 0) is 60.4 Å². The van der Waals surface area contributed by atoms with E-state index in [1.807, 2.05) is 30.3 Å². The number of amides is 2. The van der Waals surface area contributed by atoms with Crippen molar-refractivity contribution < 1.29 is 27.8 Å². The summed E-state index contributed by atoms with van der Waals surface area (Å²) in [5.41, 5.74) is -1.54. The van der Waals surface area contributed by atoms with E-state index >= 15 is 0 Å². The second kappa shape index (κ2) is 11.2. The van der Waals surface area contributed by atoms with E-state index in [1.54, 1.807) is 31.2 Å². The lowest BCUT2D eigenvalue weighted by Gasteiger charge is -2.43. The molecule has 2 atom stereocenters. The summed E-state index contributed by atoms with van der Waals surface area (Å²) in [6.07, 6.45) is -4.76. The van der Waals surface area contributed by atoms with Crippen LogP contribution in [0.15, 0.2) is 72.9 Å². The number of nitrogens with zero attached hydrogens (tertiary/aromatic N) is 4. The van der Waals surface area contributed by atoms with Crippen LogP contribution in [0.4, 0.5) is 23.7 Å². The first-order valence-corrected chi connectivity index (χ1v) is 13.1. The van der Waals surface area contributed by atoms with Gasteiger partial charge in [-0.15, -0.1) is 0 Å². The Hall–Kier alpha value is -4.07. The zero-order chi connectivity index (χ0) is 28.3. The highest BCUT2D eigenvalue weighted by atomic mass is 32.1. The van der Waals surface area contributed by atoms with Crippen LogP contribution in [-0.4, -0.2) is 50.0 Å². The number of hydrogen-bond acceptors (Lipinski definition) is 8. The summed E-state index contributed by atoms with van der Waals surface area (Å²) in [7, 11) is 0. The van der Waals surface area contributed by atoms with E-state index in [0.29, 0.717) is 35.2 Å². The first-order valence-electron chi connectivity index (χ1n) is 12.3. The maximum Gasteiger partial charge on any atom is 0.433 e. The molecule has 3 heterocycles. The molecule has 2 amide bonds. The largest absolute Gasteiger partial charge is 0.457 e. The molecule has 0 aliphatic carbocycles. The first-order chi connectivity index (χ1) is 19.1. The van der Waals surface area contributed by atoms with Crippen molar-refractivity contribution in [2.24, 2.45) is 0 Å². The zero-order valence-corrected chi connectivity index (χ0v) is 22.0. The number of benzene rings is 2. The molecule has 5 rings (SSSR count). The minimum absolute atomic E-state index is 0.0266. The summed E-state index contributed by atoms with van der Waals surface area (Å²) in [5, 5.41) is 17.2. The number of anilines is 1. The van der Waals surface area contributed by atoms with Crippen LogP contribution in [0.1, 0.15) is 35.1 Å². The van der Waals surface area contributed by atoms with Crippen molar-refractivity contribution in [1.29, 1.82) is 0 Å². The van der Waals surface area contributed by atoms with E-state index in [0.717, 1.165) is 23.8 Å². The fourth-order valence-corrected chi connectivity index (χ4v) is 5.13. The summed E-state index contributed by atoms with van der Waals surface area (Å²) < 4.78 is 49.4. The van der Waals surface area contributed by atoms with Gasteiger partial charge in [0, 0.05) is 31.5 Å². The van der Waals surface area contributed by atoms with Gasteiger partial charge in [-0.1, -0.05) is 30.3 Å². The molecule has 0 bridgehead atoms. The van der Waals surface area contributed by atoms with Crippen LogP contribution in [0, 0.1) is 0 Å². The maximum absolute atomic E-state index is 13.2. The Bertz CT molecular complexity index is 1470. The van der Waals surface area contributed by atoms with Crippen LogP contribution in [0.3, 0.4) is 0 Å². The molecule has 0 radical (unpaired) electrons. The van der Waals surface area contributed by atoms with Gasteiger partial charge < -0.3 is 25.4 Å². The van der Waals surface area contributed by atoms with Gasteiger partial charge in [-0.3, -0.25) is 4.98 Å². The normalized spacial score (nSPS) is 18.3. The second-order valence-corrected chi connectivity index (χ2v) is 10.1. The minimum atomic E-state index is -4.64. The standard InChI is InChI=1S/C27H25F3N6O3S/c1-26(16-31-13-14-36(26)25(38)33-18-11-12-32-21(15-18)27(28,29)30)24-34-23(35-40-24)22(37)17-7-9-20(10-8-17)39-19-5-3-2-4-6-19/h2-12,15,22,31,37H,13-14,16H2,1H3,(H,32,33,38). The van der Waals surface area contributed by atoms with Crippen molar-refractivity contribution in [3.63, 3.8) is 0 Å². The number of piperazine rings is 1. The average Bonchev–Trinajstić information content (AvgIpc) is 3.45. The van der Waals surface area contributed by atoms with Crippen molar-refractivity contribution >= 4 is 23.3 Å². The zero-order valence-electron chi connectivity index (χ0n) is 21.2. The number of carbonyl (C=O) groups excluding carboxylic acids is 1. The number of urea groups is 1. The quantitative estimate of drug-likeness (QED) is 0.293. The molecule has 2 aromatic carbocycles. The van der Waals surface area contributed by atoms with E-state index in [9.17, 15) is 23.1 Å². The number of hydrogen-bond donors (Lipinski definition) is 3. The molecule has 4 aromatic rings. The van der Waals surface area contributed by atoms with Gasteiger partial charge in [0.25, 0.3) is 0 Å². The number of pyridine rings is 1. The molecule has 40 heavy (non-hydrogen) atoms. The number of ether oxygens (including phenoxy) is 1. The maximum atomic E-state index is 13.2. The molecule has 0 spiro atoms. The minimum Gasteiger partial charge on any atom is -0.457 e. The van der Waals surface area contributed by atoms with Crippen molar-refractivity contribution in [3.05, 3.63) is 95.0 Å². The van der Waals surface area contributed by atoms with Gasteiger partial charge in [-0.25, -0.2) is 9.78 Å². The van der Waals surface area contributed by atoms with Crippen molar-refractivity contribution in [3.8, 4) is 11.5 Å². The number of aromatic nitrogens is 3. The van der Waals surface area contributed by atoms with Gasteiger partial charge in [0.05, 0.1) is 0 Å². The molecular formula is C27H25F3N6O3S. The molecule has 13 heteroatoms. The SMILES string of the molecule is CC1(c2nc(C(O)c3ccc(Oc4ccccc4)cc3)ns2)CNCCN1C(=O)Nc1ccnc(C(F)(F)F)c1. The molecule has 9 nitrogen and oxygen atoms in total. The summed E-state index contributed by atoms with van der Waals surface area (Å²) in [5.74, 6) is 1.47. The lowest BCUT2D eigenvalue weighted by atomic mass is 9.98. The predicted octanol–water partition coefficient (Wildman–Crippen LogP) is 5.18. The van der Waals surface area contributed by atoms with E-state index in [4.69, 9.17) is 4.74 Å². The number of nitrogens with one attached hydrogen (secondary N) is 2. The average molecular weight is 571 g/mol. The van der Waals surface area contributed by atoms with Gasteiger partial charge in [0.1, 0.15) is 33.8 Å². The highest BCUT2D eigenvalue weighted by molar-refractivity contribution is 7.05. The molecule has 2 aromatic heterocycles. The number of halogens is 3. The molecular weight excluding hydrogens is 545 g/mol. The summed E-state index contributed by atoms with van der Waals surface area (Å²) >= 11 is 1.05. The van der Waals surface area contributed by atoms with E-state index in [1.165, 1.54) is 11.0 Å². The number of para-hydroxylation sites is 1. The third kappa shape index (κ3) is 5.91. The van der Waals surface area contributed by atoms with E-state index in [-0.39, 0.29) is 18.1 Å². The Morgan fingerprint density at radius 1 is 1.15 bits per heavy atom. The Balaban J connectivity index is 1.31. The molecule has 1 saturated heterocycles. The van der Waals surface area contributed by atoms with Crippen LogP contribution in [0.2, 0.25) is 0 Å². The number of alkyl halides is 3.